The van der Waals surface area contributed by atoms with Crippen LogP contribution >= 0.6 is 0 Å². The molecule has 0 radical (unpaired) electrons. The number of Topliss-reactive ketones (excluding diaryl/α,β-unsaturated/α-hetero) is 1. The zero-order valence-corrected chi connectivity index (χ0v) is 9.72. The molecule has 0 spiro atoms. The first-order chi connectivity index (χ1) is 8.24. The van der Waals surface area contributed by atoms with E-state index >= 15 is 0 Å². The number of carbonyl (C=O) groups is 2. The fourth-order valence-corrected chi connectivity index (χ4v) is 2.10. The van der Waals surface area contributed by atoms with Crippen LogP contribution in [0.5, 0.6) is 0 Å². The standard InChI is InChI=1S/C14H16O3/c15-13-7-6-12(8-13)9-14(16)17-10-11-4-2-1-3-5-11/h1-5,12H,6-10H2. The molecule has 0 heterocycles. The predicted molar refractivity (Wildman–Crippen MR) is 63.2 cm³/mol. The van der Waals surface area contributed by atoms with Crippen molar-refractivity contribution >= 4 is 11.8 Å². The summed E-state index contributed by atoms with van der Waals surface area (Å²) in [5.41, 5.74) is 0.989. The van der Waals surface area contributed by atoms with Gasteiger partial charge < -0.3 is 4.74 Å². The summed E-state index contributed by atoms with van der Waals surface area (Å²) < 4.78 is 5.18. The Morgan fingerprint density at radius 3 is 2.71 bits per heavy atom. The Bertz CT molecular complexity index is 397. The first kappa shape index (κ1) is 11.8. The number of esters is 1. The molecular weight excluding hydrogens is 216 g/mol. The second-order valence-corrected chi connectivity index (χ2v) is 4.50. The van der Waals surface area contributed by atoms with Crippen LogP contribution in [0.2, 0.25) is 0 Å². The van der Waals surface area contributed by atoms with Crippen LogP contribution in [0.25, 0.3) is 0 Å². The van der Waals surface area contributed by atoms with Crippen molar-refractivity contribution in [1.82, 2.24) is 0 Å². The minimum atomic E-state index is -0.200. The Balaban J connectivity index is 1.73. The molecule has 1 aromatic carbocycles. The van der Waals surface area contributed by atoms with Gasteiger partial charge in [0.05, 0.1) is 0 Å². The van der Waals surface area contributed by atoms with Crippen molar-refractivity contribution in [2.75, 3.05) is 0 Å². The highest BCUT2D eigenvalue weighted by atomic mass is 16.5. The minimum Gasteiger partial charge on any atom is -0.461 e. The van der Waals surface area contributed by atoms with Crippen LogP contribution < -0.4 is 0 Å². The maximum absolute atomic E-state index is 11.5. The second-order valence-electron chi connectivity index (χ2n) is 4.50. The first-order valence-corrected chi connectivity index (χ1v) is 5.95. The van der Waals surface area contributed by atoms with Crippen molar-refractivity contribution in [2.45, 2.75) is 32.3 Å². The van der Waals surface area contributed by atoms with E-state index in [-0.39, 0.29) is 17.7 Å². The summed E-state index contributed by atoms with van der Waals surface area (Å²) in [4.78, 5) is 22.6. The lowest BCUT2D eigenvalue weighted by Crippen LogP contribution is -2.09. The number of carbonyl (C=O) groups excluding carboxylic acids is 2. The van der Waals surface area contributed by atoms with Crippen molar-refractivity contribution in [1.29, 1.82) is 0 Å². The van der Waals surface area contributed by atoms with Crippen molar-refractivity contribution in [3.8, 4) is 0 Å². The van der Waals surface area contributed by atoms with Gasteiger partial charge in [-0.3, -0.25) is 9.59 Å². The van der Waals surface area contributed by atoms with Crippen LogP contribution in [0.4, 0.5) is 0 Å². The normalized spacial score (nSPS) is 19.3. The van der Waals surface area contributed by atoms with Gasteiger partial charge in [-0.2, -0.15) is 0 Å². The van der Waals surface area contributed by atoms with Gasteiger partial charge in [0.15, 0.2) is 0 Å². The molecule has 1 aromatic rings. The Morgan fingerprint density at radius 1 is 1.29 bits per heavy atom. The Labute approximate surface area is 101 Å². The average molecular weight is 232 g/mol. The Kier molecular flexibility index (Phi) is 3.91. The lowest BCUT2D eigenvalue weighted by molar-refractivity contribution is -0.146. The molecule has 3 nitrogen and oxygen atoms in total. The molecule has 1 fully saturated rings. The summed E-state index contributed by atoms with van der Waals surface area (Å²) in [6.07, 6.45) is 2.37. The number of benzene rings is 1. The molecule has 17 heavy (non-hydrogen) atoms. The van der Waals surface area contributed by atoms with Crippen LogP contribution in [0.1, 0.15) is 31.2 Å². The monoisotopic (exact) mass is 232 g/mol. The molecule has 0 bridgehead atoms. The van der Waals surface area contributed by atoms with E-state index in [4.69, 9.17) is 4.74 Å². The zero-order chi connectivity index (χ0) is 12.1. The fourth-order valence-electron chi connectivity index (χ4n) is 2.10. The molecule has 0 saturated heterocycles. The highest BCUT2D eigenvalue weighted by Gasteiger charge is 2.24. The quantitative estimate of drug-likeness (QED) is 0.749. The molecule has 0 amide bonds. The van der Waals surface area contributed by atoms with Gasteiger partial charge in [0.25, 0.3) is 0 Å². The van der Waals surface area contributed by atoms with Gasteiger partial charge in [0, 0.05) is 19.3 Å². The van der Waals surface area contributed by atoms with E-state index in [0.717, 1.165) is 12.0 Å². The molecule has 0 aromatic heterocycles. The molecule has 0 N–H and O–H groups in total. The number of ether oxygens (including phenoxy) is 1. The summed E-state index contributed by atoms with van der Waals surface area (Å²) in [6, 6.07) is 9.60. The lowest BCUT2D eigenvalue weighted by Gasteiger charge is -2.08. The molecule has 2 rings (SSSR count). The minimum absolute atomic E-state index is 0.200. The summed E-state index contributed by atoms with van der Waals surface area (Å²) in [7, 11) is 0. The molecule has 0 aliphatic heterocycles. The smallest absolute Gasteiger partial charge is 0.306 e. The highest BCUT2D eigenvalue weighted by molar-refractivity contribution is 5.81. The molecule has 1 aliphatic carbocycles. The van der Waals surface area contributed by atoms with E-state index in [0.29, 0.717) is 25.9 Å². The zero-order valence-electron chi connectivity index (χ0n) is 9.72. The average Bonchev–Trinajstić information content (AvgIpc) is 2.73. The molecule has 1 aliphatic rings. The number of ketones is 1. The molecule has 90 valence electrons. The first-order valence-electron chi connectivity index (χ1n) is 5.95. The largest absolute Gasteiger partial charge is 0.461 e. The van der Waals surface area contributed by atoms with Crippen molar-refractivity contribution in [2.24, 2.45) is 5.92 Å². The van der Waals surface area contributed by atoms with Crippen molar-refractivity contribution in [3.63, 3.8) is 0 Å². The van der Waals surface area contributed by atoms with Gasteiger partial charge in [-0.1, -0.05) is 30.3 Å². The second kappa shape index (κ2) is 5.62. The number of hydrogen-bond donors (Lipinski definition) is 0. The third kappa shape index (κ3) is 3.70. The van der Waals surface area contributed by atoms with E-state index in [1.807, 2.05) is 30.3 Å². The van der Waals surface area contributed by atoms with Crippen LogP contribution in [-0.2, 0) is 20.9 Å². The maximum Gasteiger partial charge on any atom is 0.306 e. The van der Waals surface area contributed by atoms with E-state index < -0.39 is 0 Å². The van der Waals surface area contributed by atoms with E-state index in [2.05, 4.69) is 0 Å². The van der Waals surface area contributed by atoms with E-state index in [1.165, 1.54) is 0 Å². The van der Waals surface area contributed by atoms with Gasteiger partial charge in [-0.05, 0) is 17.9 Å². The number of hydrogen-bond acceptors (Lipinski definition) is 3. The SMILES string of the molecule is O=C1CCC(CC(=O)OCc2ccccc2)C1. The summed E-state index contributed by atoms with van der Waals surface area (Å²) in [5.74, 6) is 0.269. The lowest BCUT2D eigenvalue weighted by atomic mass is 10.0. The van der Waals surface area contributed by atoms with E-state index in [9.17, 15) is 9.59 Å². The van der Waals surface area contributed by atoms with Crippen LogP contribution in [0, 0.1) is 5.92 Å². The topological polar surface area (TPSA) is 43.4 Å². The van der Waals surface area contributed by atoms with Crippen LogP contribution in [0.15, 0.2) is 30.3 Å². The maximum atomic E-state index is 11.5. The summed E-state index contributed by atoms with van der Waals surface area (Å²) in [5, 5.41) is 0. The number of rotatable bonds is 4. The van der Waals surface area contributed by atoms with Gasteiger partial charge >= 0.3 is 5.97 Å². The van der Waals surface area contributed by atoms with Gasteiger partial charge in [-0.25, -0.2) is 0 Å². The van der Waals surface area contributed by atoms with Gasteiger partial charge in [-0.15, -0.1) is 0 Å². The predicted octanol–water partition coefficient (Wildman–Crippen LogP) is 2.49. The van der Waals surface area contributed by atoms with Crippen molar-refractivity contribution in [3.05, 3.63) is 35.9 Å². The molecular formula is C14H16O3. The Hall–Kier alpha value is -1.64. The third-order valence-electron chi connectivity index (χ3n) is 3.05. The van der Waals surface area contributed by atoms with Gasteiger partial charge in [0.2, 0.25) is 0 Å². The summed E-state index contributed by atoms with van der Waals surface area (Å²) >= 11 is 0. The van der Waals surface area contributed by atoms with Crippen LogP contribution in [-0.4, -0.2) is 11.8 Å². The van der Waals surface area contributed by atoms with E-state index in [1.54, 1.807) is 0 Å². The highest BCUT2D eigenvalue weighted by Crippen LogP contribution is 2.25. The van der Waals surface area contributed by atoms with Crippen LogP contribution in [0.3, 0.4) is 0 Å². The third-order valence-corrected chi connectivity index (χ3v) is 3.05. The molecule has 3 heteroatoms. The molecule has 1 unspecified atom stereocenters. The summed E-state index contributed by atoms with van der Waals surface area (Å²) in [6.45, 7) is 0.320. The van der Waals surface area contributed by atoms with Gasteiger partial charge in [0.1, 0.15) is 12.4 Å². The Morgan fingerprint density at radius 2 is 2.06 bits per heavy atom. The fraction of sp³-hybridized carbons (Fsp3) is 0.429. The molecule has 1 atom stereocenters. The van der Waals surface area contributed by atoms with Crippen molar-refractivity contribution < 1.29 is 14.3 Å². The molecule has 1 saturated carbocycles.